The van der Waals surface area contributed by atoms with E-state index in [1.54, 1.807) is 4.90 Å². The van der Waals surface area contributed by atoms with Crippen LogP contribution in [-0.4, -0.2) is 42.2 Å². The molecule has 1 fully saturated rings. The molecule has 0 radical (unpaired) electrons. The minimum Gasteiger partial charge on any atom is -0.390 e. The van der Waals surface area contributed by atoms with Crippen LogP contribution in [0.2, 0.25) is 0 Å². The van der Waals surface area contributed by atoms with Gasteiger partial charge in [-0.1, -0.05) is 6.92 Å². The largest absolute Gasteiger partial charge is 0.390 e. The molecule has 0 amide bonds. The van der Waals surface area contributed by atoms with Crippen molar-refractivity contribution in [3.8, 4) is 0 Å². The molecule has 0 aromatic rings. The Morgan fingerprint density at radius 3 is 2.38 bits per heavy atom. The molecule has 0 bridgehead atoms. The van der Waals surface area contributed by atoms with Crippen LogP contribution in [-0.2, 0) is 0 Å². The third kappa shape index (κ3) is 3.56. The molecule has 13 heavy (non-hydrogen) atoms. The SMILES string of the molecule is CC1CCN(CC(F)(F)CO)CC1. The van der Waals surface area contributed by atoms with Crippen molar-refractivity contribution in [2.75, 3.05) is 26.2 Å². The molecule has 1 aliphatic rings. The molecule has 1 saturated heterocycles. The zero-order chi connectivity index (χ0) is 9.90. The van der Waals surface area contributed by atoms with E-state index in [9.17, 15) is 8.78 Å². The molecule has 1 heterocycles. The van der Waals surface area contributed by atoms with E-state index in [-0.39, 0.29) is 6.54 Å². The molecule has 0 saturated carbocycles. The second-order valence-corrected chi connectivity index (χ2v) is 3.97. The Morgan fingerprint density at radius 2 is 1.92 bits per heavy atom. The van der Waals surface area contributed by atoms with Crippen LogP contribution in [0.15, 0.2) is 0 Å². The summed E-state index contributed by atoms with van der Waals surface area (Å²) in [5.41, 5.74) is 0. The lowest BCUT2D eigenvalue weighted by atomic mass is 9.99. The number of hydrogen-bond acceptors (Lipinski definition) is 2. The fourth-order valence-corrected chi connectivity index (χ4v) is 1.60. The smallest absolute Gasteiger partial charge is 0.283 e. The average Bonchev–Trinajstić information content (AvgIpc) is 2.09. The Kier molecular flexibility index (Phi) is 3.62. The number of aliphatic hydroxyl groups excluding tert-OH is 1. The molecule has 0 aliphatic carbocycles. The first-order chi connectivity index (χ1) is 6.03. The number of hydrogen-bond donors (Lipinski definition) is 1. The predicted molar refractivity (Wildman–Crippen MR) is 46.9 cm³/mol. The average molecular weight is 193 g/mol. The molecule has 1 aliphatic heterocycles. The highest BCUT2D eigenvalue weighted by molar-refractivity contribution is 4.75. The highest BCUT2D eigenvalue weighted by Gasteiger charge is 2.31. The quantitative estimate of drug-likeness (QED) is 0.731. The maximum atomic E-state index is 12.7. The lowest BCUT2D eigenvalue weighted by molar-refractivity contribution is -0.0767. The van der Waals surface area contributed by atoms with Gasteiger partial charge in [0.2, 0.25) is 0 Å². The fraction of sp³-hybridized carbons (Fsp3) is 1.00. The maximum absolute atomic E-state index is 12.7. The minimum absolute atomic E-state index is 0.295. The van der Waals surface area contributed by atoms with Crippen molar-refractivity contribution < 1.29 is 13.9 Å². The fourth-order valence-electron chi connectivity index (χ4n) is 1.60. The summed E-state index contributed by atoms with van der Waals surface area (Å²) in [5.74, 6) is -2.28. The maximum Gasteiger partial charge on any atom is 0.283 e. The van der Waals surface area contributed by atoms with Gasteiger partial charge in [0.1, 0.15) is 6.61 Å². The van der Waals surface area contributed by atoms with Gasteiger partial charge in [-0.05, 0) is 31.8 Å². The van der Waals surface area contributed by atoms with E-state index in [1.165, 1.54) is 0 Å². The zero-order valence-corrected chi connectivity index (χ0v) is 7.97. The van der Waals surface area contributed by atoms with E-state index >= 15 is 0 Å². The molecule has 4 heteroatoms. The van der Waals surface area contributed by atoms with Crippen LogP contribution in [0.5, 0.6) is 0 Å². The van der Waals surface area contributed by atoms with Gasteiger partial charge >= 0.3 is 0 Å². The van der Waals surface area contributed by atoms with Gasteiger partial charge in [-0.3, -0.25) is 4.90 Å². The topological polar surface area (TPSA) is 23.5 Å². The Hall–Kier alpha value is -0.220. The second kappa shape index (κ2) is 4.33. The van der Waals surface area contributed by atoms with Crippen molar-refractivity contribution in [2.24, 2.45) is 5.92 Å². The van der Waals surface area contributed by atoms with Gasteiger partial charge < -0.3 is 5.11 Å². The van der Waals surface area contributed by atoms with Crippen LogP contribution in [0.25, 0.3) is 0 Å². The van der Waals surface area contributed by atoms with Crippen LogP contribution in [0.4, 0.5) is 8.78 Å². The highest BCUT2D eigenvalue weighted by atomic mass is 19.3. The van der Waals surface area contributed by atoms with Crippen molar-refractivity contribution in [3.63, 3.8) is 0 Å². The summed E-state index contributed by atoms with van der Waals surface area (Å²) in [4.78, 5) is 1.73. The van der Waals surface area contributed by atoms with E-state index in [4.69, 9.17) is 5.11 Å². The van der Waals surface area contributed by atoms with Crippen molar-refractivity contribution >= 4 is 0 Å². The molecule has 78 valence electrons. The Morgan fingerprint density at radius 1 is 1.38 bits per heavy atom. The van der Waals surface area contributed by atoms with Crippen LogP contribution < -0.4 is 0 Å². The first-order valence-electron chi connectivity index (χ1n) is 4.74. The summed E-state index contributed by atoms with van der Waals surface area (Å²) >= 11 is 0. The van der Waals surface area contributed by atoms with Crippen LogP contribution in [0.1, 0.15) is 19.8 Å². The number of halogens is 2. The Balaban J connectivity index is 2.30. The van der Waals surface area contributed by atoms with Crippen LogP contribution >= 0.6 is 0 Å². The second-order valence-electron chi connectivity index (χ2n) is 3.97. The minimum atomic E-state index is -2.93. The molecule has 0 unspecified atom stereocenters. The lowest BCUT2D eigenvalue weighted by Gasteiger charge is -2.32. The number of rotatable bonds is 3. The van der Waals surface area contributed by atoms with Gasteiger partial charge in [0, 0.05) is 0 Å². The number of piperidine rings is 1. The summed E-state index contributed by atoms with van der Waals surface area (Å²) < 4.78 is 25.5. The van der Waals surface area contributed by atoms with Crippen molar-refractivity contribution in [3.05, 3.63) is 0 Å². The van der Waals surface area contributed by atoms with E-state index in [1.807, 2.05) is 0 Å². The third-order valence-corrected chi connectivity index (χ3v) is 2.56. The van der Waals surface area contributed by atoms with Crippen LogP contribution in [0.3, 0.4) is 0 Å². The highest BCUT2D eigenvalue weighted by Crippen LogP contribution is 2.20. The number of likely N-dealkylation sites (tertiary alicyclic amines) is 1. The van der Waals surface area contributed by atoms with Gasteiger partial charge in [0.25, 0.3) is 5.92 Å². The van der Waals surface area contributed by atoms with E-state index in [0.717, 1.165) is 25.9 Å². The van der Waals surface area contributed by atoms with E-state index < -0.39 is 12.5 Å². The Labute approximate surface area is 77.5 Å². The summed E-state index contributed by atoms with van der Waals surface area (Å²) in [6, 6.07) is 0. The van der Waals surface area contributed by atoms with Crippen LogP contribution in [0, 0.1) is 5.92 Å². The zero-order valence-electron chi connectivity index (χ0n) is 7.97. The molecule has 0 spiro atoms. The number of nitrogens with zero attached hydrogens (tertiary/aromatic N) is 1. The third-order valence-electron chi connectivity index (χ3n) is 2.56. The summed E-state index contributed by atoms with van der Waals surface area (Å²) in [6.07, 6.45) is 1.98. The normalized spacial score (nSPS) is 22.2. The first kappa shape index (κ1) is 10.9. The lowest BCUT2D eigenvalue weighted by Crippen LogP contribution is -2.43. The standard InChI is InChI=1S/C9H17F2NO/c1-8-2-4-12(5-3-8)6-9(10,11)7-13/h8,13H,2-7H2,1H3. The molecular weight excluding hydrogens is 176 g/mol. The van der Waals surface area contributed by atoms with Crippen molar-refractivity contribution in [1.29, 1.82) is 0 Å². The predicted octanol–water partition coefficient (Wildman–Crippen LogP) is 1.35. The summed E-state index contributed by atoms with van der Waals surface area (Å²) in [7, 11) is 0. The van der Waals surface area contributed by atoms with Gasteiger partial charge in [-0.15, -0.1) is 0 Å². The monoisotopic (exact) mass is 193 g/mol. The van der Waals surface area contributed by atoms with E-state index in [2.05, 4.69) is 6.92 Å². The van der Waals surface area contributed by atoms with Gasteiger partial charge in [0.15, 0.2) is 0 Å². The van der Waals surface area contributed by atoms with Gasteiger partial charge in [0.05, 0.1) is 6.54 Å². The Bertz CT molecular complexity index is 156. The first-order valence-corrected chi connectivity index (χ1v) is 4.74. The number of alkyl halides is 2. The van der Waals surface area contributed by atoms with Crippen molar-refractivity contribution in [1.82, 2.24) is 4.90 Å². The molecule has 0 aromatic carbocycles. The van der Waals surface area contributed by atoms with Gasteiger partial charge in [-0.25, -0.2) is 8.78 Å². The summed E-state index contributed by atoms with van der Waals surface area (Å²) in [6.45, 7) is 2.27. The van der Waals surface area contributed by atoms with E-state index in [0.29, 0.717) is 5.92 Å². The molecule has 0 aromatic heterocycles. The summed E-state index contributed by atoms with van der Waals surface area (Å²) in [5, 5.41) is 8.40. The van der Waals surface area contributed by atoms with Crippen molar-refractivity contribution in [2.45, 2.75) is 25.7 Å². The molecule has 2 nitrogen and oxygen atoms in total. The molecular formula is C9H17F2NO. The molecule has 0 atom stereocenters. The molecule has 1 rings (SSSR count). The van der Waals surface area contributed by atoms with Gasteiger partial charge in [-0.2, -0.15) is 0 Å². The molecule has 1 N–H and O–H groups in total. The number of aliphatic hydroxyl groups is 1.